The zero-order valence-electron chi connectivity index (χ0n) is 23.6. The van der Waals surface area contributed by atoms with E-state index in [0.717, 1.165) is 15.4 Å². The average Bonchev–Trinajstić information content (AvgIpc) is 2.90. The first-order valence-electron chi connectivity index (χ1n) is 13.1. The summed E-state index contributed by atoms with van der Waals surface area (Å²) in [5.74, 6) is -0.531. The molecule has 3 rings (SSSR count). The summed E-state index contributed by atoms with van der Waals surface area (Å²) in [6.45, 7) is 11.1. The van der Waals surface area contributed by atoms with Crippen LogP contribution in [0, 0.1) is 0 Å². The first-order chi connectivity index (χ1) is 18.3. The molecule has 39 heavy (non-hydrogen) atoms. The van der Waals surface area contributed by atoms with Crippen molar-refractivity contribution in [3.05, 3.63) is 96.1 Å². The molecule has 0 bridgehead atoms. The lowest BCUT2D eigenvalue weighted by molar-refractivity contribution is -0.140. The van der Waals surface area contributed by atoms with E-state index in [4.69, 9.17) is 0 Å². The Hall–Kier alpha value is -3.65. The fraction of sp³-hybridized carbons (Fsp3) is 0.355. The van der Waals surface area contributed by atoms with Crippen LogP contribution >= 0.6 is 0 Å². The second-order valence-electron chi connectivity index (χ2n) is 11.0. The van der Waals surface area contributed by atoms with E-state index >= 15 is 0 Å². The summed E-state index contributed by atoms with van der Waals surface area (Å²) in [4.78, 5) is 28.6. The van der Waals surface area contributed by atoms with Crippen molar-refractivity contribution < 1.29 is 18.0 Å². The van der Waals surface area contributed by atoms with Gasteiger partial charge in [-0.1, -0.05) is 74.5 Å². The van der Waals surface area contributed by atoms with Gasteiger partial charge in [0.15, 0.2) is 0 Å². The fourth-order valence-electron chi connectivity index (χ4n) is 4.11. The largest absolute Gasteiger partial charge is 0.350 e. The van der Waals surface area contributed by atoms with Crippen LogP contribution in [0.4, 0.5) is 5.69 Å². The predicted octanol–water partition coefficient (Wildman–Crippen LogP) is 5.34. The first kappa shape index (κ1) is 29.9. The maximum Gasteiger partial charge on any atom is 0.264 e. The molecule has 7 nitrogen and oxygen atoms in total. The van der Waals surface area contributed by atoms with Gasteiger partial charge in [0.1, 0.15) is 12.6 Å². The zero-order valence-corrected chi connectivity index (χ0v) is 24.4. The Labute approximate surface area is 232 Å². The molecule has 0 saturated heterocycles. The molecule has 8 heteroatoms. The maximum absolute atomic E-state index is 13.9. The van der Waals surface area contributed by atoms with E-state index < -0.39 is 34.1 Å². The van der Waals surface area contributed by atoms with Gasteiger partial charge in [0.25, 0.3) is 10.0 Å². The van der Waals surface area contributed by atoms with Crippen molar-refractivity contribution in [3.63, 3.8) is 0 Å². The molecule has 1 N–H and O–H groups in total. The standard InChI is InChI=1S/C31H39N3O4S/c1-23(2)26-17-19-27(20-18-26)34(39(37,38)28-15-11-8-12-16-28)22-29(35)33(21-25-13-9-7-10-14-25)24(3)30(36)32-31(4,5)6/h7-20,23-24H,21-22H2,1-6H3,(H,32,36)/t24-/m0/s1. The van der Waals surface area contributed by atoms with Crippen molar-refractivity contribution in [2.45, 2.75) is 70.5 Å². The number of carbonyl (C=O) groups excluding carboxylic acids is 2. The van der Waals surface area contributed by atoms with Crippen LogP contribution < -0.4 is 9.62 Å². The van der Waals surface area contributed by atoms with Gasteiger partial charge >= 0.3 is 0 Å². The minimum absolute atomic E-state index is 0.0823. The van der Waals surface area contributed by atoms with Crippen LogP contribution in [0.25, 0.3) is 0 Å². The SMILES string of the molecule is CC(C)c1ccc(N(CC(=O)N(Cc2ccccc2)[C@@H](C)C(=O)NC(C)(C)C)S(=O)(=O)c2ccccc2)cc1. The highest BCUT2D eigenvalue weighted by Gasteiger charge is 2.33. The molecule has 0 heterocycles. The summed E-state index contributed by atoms with van der Waals surface area (Å²) in [6, 6.07) is 23.8. The molecule has 0 radical (unpaired) electrons. The Morgan fingerprint density at radius 2 is 1.36 bits per heavy atom. The van der Waals surface area contributed by atoms with Gasteiger partial charge in [-0.3, -0.25) is 13.9 Å². The number of sulfonamides is 1. The van der Waals surface area contributed by atoms with E-state index in [1.54, 1.807) is 37.3 Å². The highest BCUT2D eigenvalue weighted by Crippen LogP contribution is 2.26. The van der Waals surface area contributed by atoms with Crippen LogP contribution in [0.5, 0.6) is 0 Å². The van der Waals surface area contributed by atoms with Crippen molar-refractivity contribution in [1.82, 2.24) is 10.2 Å². The molecule has 0 fully saturated rings. The molecule has 3 aromatic rings. The van der Waals surface area contributed by atoms with E-state index in [0.29, 0.717) is 5.69 Å². The molecule has 0 aliphatic carbocycles. The van der Waals surface area contributed by atoms with Gasteiger partial charge in [-0.05, 0) is 69.0 Å². The second kappa shape index (κ2) is 12.5. The van der Waals surface area contributed by atoms with Crippen molar-refractivity contribution in [3.8, 4) is 0 Å². The Balaban J connectivity index is 2.02. The number of benzene rings is 3. The summed E-state index contributed by atoms with van der Waals surface area (Å²) < 4.78 is 28.8. The van der Waals surface area contributed by atoms with Crippen LogP contribution in [-0.4, -0.2) is 43.3 Å². The highest BCUT2D eigenvalue weighted by atomic mass is 32.2. The fourth-order valence-corrected chi connectivity index (χ4v) is 5.55. The van der Waals surface area contributed by atoms with E-state index in [2.05, 4.69) is 19.2 Å². The van der Waals surface area contributed by atoms with Crippen LogP contribution in [0.1, 0.15) is 58.6 Å². The number of nitrogens with zero attached hydrogens (tertiary/aromatic N) is 2. The molecule has 0 spiro atoms. The molecular formula is C31H39N3O4S. The number of hydrogen-bond acceptors (Lipinski definition) is 4. The summed E-state index contributed by atoms with van der Waals surface area (Å²) in [6.07, 6.45) is 0. The van der Waals surface area contributed by atoms with E-state index in [1.165, 1.54) is 17.0 Å². The monoisotopic (exact) mass is 549 g/mol. The van der Waals surface area contributed by atoms with Gasteiger partial charge < -0.3 is 10.2 Å². The molecule has 0 unspecified atom stereocenters. The normalized spacial score (nSPS) is 12.6. The number of amides is 2. The number of nitrogens with one attached hydrogen (secondary N) is 1. The summed E-state index contributed by atoms with van der Waals surface area (Å²) >= 11 is 0. The molecular weight excluding hydrogens is 510 g/mol. The van der Waals surface area contributed by atoms with Crippen molar-refractivity contribution in [1.29, 1.82) is 0 Å². The minimum atomic E-state index is -4.08. The molecule has 0 aromatic heterocycles. The lowest BCUT2D eigenvalue weighted by atomic mass is 10.0. The Morgan fingerprint density at radius 3 is 1.87 bits per heavy atom. The van der Waals surface area contributed by atoms with Crippen molar-refractivity contribution in [2.24, 2.45) is 0 Å². The topological polar surface area (TPSA) is 86.8 Å². The van der Waals surface area contributed by atoms with Gasteiger partial charge in [0, 0.05) is 12.1 Å². The lowest BCUT2D eigenvalue weighted by Crippen LogP contribution is -2.54. The number of rotatable bonds is 10. The third-order valence-electron chi connectivity index (χ3n) is 6.32. The quantitative estimate of drug-likeness (QED) is 0.370. The molecule has 0 saturated carbocycles. The van der Waals surface area contributed by atoms with Crippen molar-refractivity contribution >= 4 is 27.5 Å². The average molecular weight is 550 g/mol. The number of hydrogen-bond donors (Lipinski definition) is 1. The van der Waals surface area contributed by atoms with Gasteiger partial charge in [-0.25, -0.2) is 8.42 Å². The number of anilines is 1. The molecule has 0 aliphatic heterocycles. The Bertz CT molecular complexity index is 1350. The molecule has 1 atom stereocenters. The predicted molar refractivity (Wildman–Crippen MR) is 156 cm³/mol. The van der Waals surface area contributed by atoms with E-state index in [-0.39, 0.29) is 23.3 Å². The van der Waals surface area contributed by atoms with Gasteiger partial charge in [0.05, 0.1) is 10.6 Å². The third kappa shape index (κ3) is 7.93. The molecule has 3 aromatic carbocycles. The first-order valence-corrected chi connectivity index (χ1v) is 14.6. The summed E-state index contributed by atoms with van der Waals surface area (Å²) in [7, 11) is -4.08. The van der Waals surface area contributed by atoms with Gasteiger partial charge in [-0.2, -0.15) is 0 Å². The van der Waals surface area contributed by atoms with Gasteiger partial charge in [0.2, 0.25) is 11.8 Å². The second-order valence-corrected chi connectivity index (χ2v) is 12.9. The lowest BCUT2D eigenvalue weighted by Gasteiger charge is -2.33. The van der Waals surface area contributed by atoms with Crippen molar-refractivity contribution in [2.75, 3.05) is 10.8 Å². The smallest absolute Gasteiger partial charge is 0.264 e. The van der Waals surface area contributed by atoms with Crippen LogP contribution in [-0.2, 0) is 26.2 Å². The Kier molecular flexibility index (Phi) is 9.56. The maximum atomic E-state index is 13.9. The minimum Gasteiger partial charge on any atom is -0.350 e. The Morgan fingerprint density at radius 1 is 0.821 bits per heavy atom. The molecule has 208 valence electrons. The highest BCUT2D eigenvalue weighted by molar-refractivity contribution is 7.92. The molecule has 2 amide bonds. The summed E-state index contributed by atoms with van der Waals surface area (Å²) in [5.41, 5.74) is 1.77. The van der Waals surface area contributed by atoms with Crippen LogP contribution in [0.3, 0.4) is 0 Å². The number of carbonyl (C=O) groups is 2. The van der Waals surface area contributed by atoms with Crippen LogP contribution in [0.15, 0.2) is 89.8 Å². The third-order valence-corrected chi connectivity index (χ3v) is 8.11. The zero-order chi connectivity index (χ0) is 28.8. The van der Waals surface area contributed by atoms with E-state index in [1.807, 2.05) is 63.2 Å². The molecule has 0 aliphatic rings. The summed E-state index contributed by atoms with van der Waals surface area (Å²) in [5, 5.41) is 2.93. The van der Waals surface area contributed by atoms with Crippen LogP contribution in [0.2, 0.25) is 0 Å². The van der Waals surface area contributed by atoms with Gasteiger partial charge in [-0.15, -0.1) is 0 Å². The van der Waals surface area contributed by atoms with E-state index in [9.17, 15) is 18.0 Å².